The molecule has 0 radical (unpaired) electrons. The number of thiophene rings is 1. The van der Waals surface area contributed by atoms with Crippen molar-refractivity contribution < 1.29 is 4.79 Å². The van der Waals surface area contributed by atoms with Crippen LogP contribution in [0.4, 0.5) is 0 Å². The molecule has 1 aromatic heterocycles. The van der Waals surface area contributed by atoms with E-state index in [9.17, 15) is 4.79 Å². The Balaban J connectivity index is 1.65. The maximum Gasteiger partial charge on any atom is 0.244 e. The molecule has 0 aromatic carbocycles. The van der Waals surface area contributed by atoms with E-state index in [0.29, 0.717) is 11.9 Å². The Hall–Kier alpha value is -0.870. The first-order valence-corrected chi connectivity index (χ1v) is 7.76. The minimum absolute atomic E-state index is 0.128. The lowest BCUT2D eigenvalue weighted by Crippen LogP contribution is -2.47. The topological polar surface area (TPSA) is 32.3 Å². The van der Waals surface area contributed by atoms with Crippen molar-refractivity contribution in [1.82, 2.24) is 10.2 Å². The fourth-order valence-electron chi connectivity index (χ4n) is 3.38. The summed E-state index contributed by atoms with van der Waals surface area (Å²) in [6.07, 6.45) is 4.51. The normalized spacial score (nSPS) is 37.1. The van der Waals surface area contributed by atoms with Crippen molar-refractivity contribution in [2.24, 2.45) is 5.92 Å². The van der Waals surface area contributed by atoms with E-state index in [-0.39, 0.29) is 11.7 Å². The Morgan fingerprint density at radius 3 is 2.78 bits per heavy atom. The number of amides is 1. The minimum atomic E-state index is -0.189. The van der Waals surface area contributed by atoms with E-state index in [2.05, 4.69) is 34.0 Å². The predicted octanol–water partition coefficient (Wildman–Crippen LogP) is 2.51. The highest BCUT2D eigenvalue weighted by Gasteiger charge is 2.61. The molecule has 2 saturated carbocycles. The Bertz CT molecular complexity index is 474. The molecule has 1 N–H and O–H groups in total. The molecule has 4 heteroatoms. The maximum atomic E-state index is 12.6. The van der Waals surface area contributed by atoms with E-state index in [1.165, 1.54) is 18.4 Å². The lowest BCUT2D eigenvalue weighted by atomic mass is 9.80. The van der Waals surface area contributed by atoms with E-state index >= 15 is 0 Å². The molecule has 3 nitrogen and oxygen atoms in total. The van der Waals surface area contributed by atoms with Gasteiger partial charge in [0.05, 0.1) is 0 Å². The summed E-state index contributed by atoms with van der Waals surface area (Å²) in [6, 6.07) is 2.61. The molecule has 2 heterocycles. The van der Waals surface area contributed by atoms with Crippen molar-refractivity contribution in [3.05, 3.63) is 22.4 Å². The number of nitrogens with one attached hydrogen (secondary N) is 1. The second-order valence-electron chi connectivity index (χ2n) is 6.13. The van der Waals surface area contributed by atoms with Gasteiger partial charge < -0.3 is 4.90 Å². The van der Waals surface area contributed by atoms with Gasteiger partial charge in [-0.05, 0) is 54.0 Å². The van der Waals surface area contributed by atoms with Gasteiger partial charge in [0, 0.05) is 6.04 Å². The van der Waals surface area contributed by atoms with Crippen LogP contribution < -0.4 is 5.32 Å². The molecular weight excluding hydrogens is 244 g/mol. The van der Waals surface area contributed by atoms with Gasteiger partial charge in [-0.25, -0.2) is 0 Å². The van der Waals surface area contributed by atoms with Crippen molar-refractivity contribution in [3.63, 3.8) is 0 Å². The molecular formula is C14H18N2OS. The fourth-order valence-corrected chi connectivity index (χ4v) is 4.06. The quantitative estimate of drug-likeness (QED) is 0.888. The molecule has 1 atom stereocenters. The smallest absolute Gasteiger partial charge is 0.244 e. The third-order valence-corrected chi connectivity index (χ3v) is 5.39. The summed E-state index contributed by atoms with van der Waals surface area (Å²) < 4.78 is 0. The molecule has 1 unspecified atom stereocenters. The molecule has 1 aliphatic heterocycles. The van der Waals surface area contributed by atoms with Crippen molar-refractivity contribution in [2.75, 3.05) is 0 Å². The van der Waals surface area contributed by atoms with E-state index in [1.807, 2.05) is 0 Å². The van der Waals surface area contributed by atoms with Gasteiger partial charge in [-0.15, -0.1) is 0 Å². The summed E-state index contributed by atoms with van der Waals surface area (Å²) >= 11 is 1.71. The highest BCUT2D eigenvalue weighted by Crippen LogP contribution is 2.49. The molecule has 1 aromatic rings. The summed E-state index contributed by atoms with van der Waals surface area (Å²) in [5, 5.41) is 7.86. The van der Waals surface area contributed by atoms with E-state index < -0.39 is 0 Å². The SMILES string of the molecule is CC1CC(N2C(=O)C3(CC3)NC2c2ccsc2)C1. The Kier molecular flexibility index (Phi) is 2.19. The zero-order chi connectivity index (χ0) is 12.3. The number of carbonyl (C=O) groups is 1. The van der Waals surface area contributed by atoms with Crippen LogP contribution in [-0.4, -0.2) is 22.4 Å². The Morgan fingerprint density at radius 1 is 1.44 bits per heavy atom. The second kappa shape index (κ2) is 3.58. The second-order valence-corrected chi connectivity index (χ2v) is 6.91. The summed E-state index contributed by atoms with van der Waals surface area (Å²) in [6.45, 7) is 2.27. The van der Waals surface area contributed by atoms with E-state index in [0.717, 1.165) is 18.8 Å². The average Bonchev–Trinajstić information content (AvgIpc) is 2.80. The Labute approximate surface area is 111 Å². The average molecular weight is 262 g/mol. The fraction of sp³-hybridized carbons (Fsp3) is 0.643. The zero-order valence-corrected chi connectivity index (χ0v) is 11.4. The Morgan fingerprint density at radius 2 is 2.22 bits per heavy atom. The number of hydrogen-bond acceptors (Lipinski definition) is 3. The van der Waals surface area contributed by atoms with Crippen LogP contribution in [0.25, 0.3) is 0 Å². The summed E-state index contributed by atoms with van der Waals surface area (Å²) in [4.78, 5) is 14.8. The van der Waals surface area contributed by atoms with Crippen molar-refractivity contribution in [2.45, 2.75) is 50.4 Å². The molecule has 96 valence electrons. The van der Waals surface area contributed by atoms with Crippen LogP contribution in [-0.2, 0) is 4.79 Å². The van der Waals surface area contributed by atoms with Crippen molar-refractivity contribution in [3.8, 4) is 0 Å². The van der Waals surface area contributed by atoms with E-state index in [1.54, 1.807) is 11.3 Å². The van der Waals surface area contributed by atoms with Gasteiger partial charge in [-0.2, -0.15) is 11.3 Å². The van der Waals surface area contributed by atoms with Gasteiger partial charge in [-0.1, -0.05) is 6.92 Å². The van der Waals surface area contributed by atoms with E-state index in [4.69, 9.17) is 0 Å². The lowest BCUT2D eigenvalue weighted by Gasteiger charge is -2.42. The molecule has 1 saturated heterocycles. The van der Waals surface area contributed by atoms with Crippen LogP contribution in [0.2, 0.25) is 0 Å². The van der Waals surface area contributed by atoms with Crippen LogP contribution in [0.15, 0.2) is 16.8 Å². The van der Waals surface area contributed by atoms with Gasteiger partial charge in [0.15, 0.2) is 0 Å². The summed E-state index contributed by atoms with van der Waals surface area (Å²) in [7, 11) is 0. The van der Waals surface area contributed by atoms with Gasteiger partial charge in [0.25, 0.3) is 0 Å². The number of nitrogens with zero attached hydrogens (tertiary/aromatic N) is 1. The van der Waals surface area contributed by atoms with Crippen LogP contribution >= 0.6 is 11.3 Å². The van der Waals surface area contributed by atoms with Gasteiger partial charge in [0.1, 0.15) is 11.7 Å². The van der Waals surface area contributed by atoms with Crippen molar-refractivity contribution >= 4 is 17.2 Å². The standard InChI is InChI=1S/C14H18N2OS/c1-9-6-11(7-9)16-12(10-2-5-18-8-10)15-14(3-4-14)13(16)17/h2,5,8-9,11-12,15H,3-4,6-7H2,1H3. The molecule has 0 bridgehead atoms. The van der Waals surface area contributed by atoms with Gasteiger partial charge in [-0.3, -0.25) is 10.1 Å². The van der Waals surface area contributed by atoms with Gasteiger partial charge in [0.2, 0.25) is 5.91 Å². The highest BCUT2D eigenvalue weighted by molar-refractivity contribution is 7.07. The van der Waals surface area contributed by atoms with Crippen LogP contribution in [0.1, 0.15) is 44.3 Å². The third-order valence-electron chi connectivity index (χ3n) is 4.69. The molecule has 2 aliphatic carbocycles. The van der Waals surface area contributed by atoms with Crippen LogP contribution in [0.3, 0.4) is 0 Å². The number of carbonyl (C=O) groups excluding carboxylic acids is 1. The largest absolute Gasteiger partial charge is 0.318 e. The lowest BCUT2D eigenvalue weighted by molar-refractivity contribution is -0.135. The van der Waals surface area contributed by atoms with Crippen LogP contribution in [0, 0.1) is 5.92 Å². The molecule has 4 rings (SSSR count). The number of rotatable bonds is 2. The predicted molar refractivity (Wildman–Crippen MR) is 71.2 cm³/mol. The molecule has 3 aliphatic rings. The minimum Gasteiger partial charge on any atom is -0.318 e. The monoisotopic (exact) mass is 262 g/mol. The summed E-state index contributed by atoms with van der Waals surface area (Å²) in [5.74, 6) is 1.14. The molecule has 1 spiro atoms. The van der Waals surface area contributed by atoms with Gasteiger partial charge >= 0.3 is 0 Å². The first-order valence-electron chi connectivity index (χ1n) is 6.82. The maximum absolute atomic E-state index is 12.6. The summed E-state index contributed by atoms with van der Waals surface area (Å²) in [5.41, 5.74) is 1.07. The van der Waals surface area contributed by atoms with Crippen molar-refractivity contribution in [1.29, 1.82) is 0 Å². The van der Waals surface area contributed by atoms with Crippen LogP contribution in [0.5, 0.6) is 0 Å². The first kappa shape index (κ1) is 11.0. The molecule has 18 heavy (non-hydrogen) atoms. The zero-order valence-electron chi connectivity index (χ0n) is 10.6. The molecule has 1 amide bonds. The number of hydrogen-bond donors (Lipinski definition) is 1. The third kappa shape index (κ3) is 1.42. The first-order chi connectivity index (χ1) is 8.70. The molecule has 3 fully saturated rings. The highest BCUT2D eigenvalue weighted by atomic mass is 32.1.